The van der Waals surface area contributed by atoms with Crippen molar-refractivity contribution in [3.8, 4) is 0 Å². The smallest absolute Gasteiger partial charge is 0.351 e. The van der Waals surface area contributed by atoms with Crippen LogP contribution in [-0.4, -0.2) is 43.2 Å². The van der Waals surface area contributed by atoms with Gasteiger partial charge in [-0.15, -0.1) is 0 Å². The van der Waals surface area contributed by atoms with Gasteiger partial charge in [0.05, 0.1) is 29.4 Å². The van der Waals surface area contributed by atoms with E-state index in [9.17, 15) is 14.7 Å². The van der Waals surface area contributed by atoms with Crippen molar-refractivity contribution >= 4 is 28.6 Å². The van der Waals surface area contributed by atoms with Crippen LogP contribution in [-0.2, 0) is 20.8 Å². The van der Waals surface area contributed by atoms with Gasteiger partial charge in [-0.05, 0) is 25.3 Å². The van der Waals surface area contributed by atoms with Gasteiger partial charge in [-0.1, -0.05) is 37.1 Å². The van der Waals surface area contributed by atoms with Crippen LogP contribution in [0.1, 0.15) is 62.7 Å². The molecule has 0 bridgehead atoms. The SMILES string of the molecule is CCc1nn(C2CCCC2)c2cc(C3=NOC(CC(=O)O)(C(=O)O)C3)ccc12. The van der Waals surface area contributed by atoms with Gasteiger partial charge in [0.15, 0.2) is 0 Å². The van der Waals surface area contributed by atoms with Crippen molar-refractivity contribution in [2.45, 2.75) is 63.5 Å². The van der Waals surface area contributed by atoms with Crippen molar-refractivity contribution in [1.29, 1.82) is 0 Å². The number of oxime groups is 1. The Morgan fingerprint density at radius 3 is 2.68 bits per heavy atom. The highest BCUT2D eigenvalue weighted by Crippen LogP contribution is 2.35. The molecule has 4 rings (SSSR count). The third-order valence-corrected chi connectivity index (χ3v) is 5.73. The number of aryl methyl sites for hydroxylation is 1. The highest BCUT2D eigenvalue weighted by molar-refractivity contribution is 6.07. The minimum Gasteiger partial charge on any atom is -0.481 e. The Kier molecular flexibility index (Phi) is 4.56. The summed E-state index contributed by atoms with van der Waals surface area (Å²) in [5.74, 6) is -2.56. The highest BCUT2D eigenvalue weighted by Gasteiger charge is 2.49. The molecule has 28 heavy (non-hydrogen) atoms. The van der Waals surface area contributed by atoms with Crippen molar-refractivity contribution < 1.29 is 24.6 Å². The van der Waals surface area contributed by atoms with Crippen LogP contribution in [0.2, 0.25) is 0 Å². The second kappa shape index (κ2) is 6.92. The van der Waals surface area contributed by atoms with Crippen molar-refractivity contribution in [3.05, 3.63) is 29.5 Å². The van der Waals surface area contributed by atoms with E-state index in [0.717, 1.165) is 41.4 Å². The van der Waals surface area contributed by atoms with E-state index in [2.05, 4.69) is 16.8 Å². The number of rotatable bonds is 6. The molecule has 2 aromatic rings. The molecule has 2 N–H and O–H groups in total. The lowest BCUT2D eigenvalue weighted by Crippen LogP contribution is -2.41. The number of aliphatic carboxylic acids is 2. The lowest BCUT2D eigenvalue weighted by atomic mass is 9.91. The Morgan fingerprint density at radius 2 is 2.04 bits per heavy atom. The van der Waals surface area contributed by atoms with Crippen LogP contribution in [0, 0.1) is 0 Å². The van der Waals surface area contributed by atoms with Crippen LogP contribution < -0.4 is 0 Å². The van der Waals surface area contributed by atoms with Gasteiger partial charge in [0.25, 0.3) is 0 Å². The maximum atomic E-state index is 11.6. The fourth-order valence-corrected chi connectivity index (χ4v) is 4.23. The molecule has 8 heteroatoms. The standard InChI is InChI=1S/C20H23N3O5/c1-2-15-14-8-7-12(9-17(14)23(21-15)13-5-3-4-6-13)16-10-20(19(26)27,28-22-16)11-18(24)25/h7-9,13H,2-6,10-11H2,1H3,(H,24,25)(H,26,27). The maximum absolute atomic E-state index is 11.6. The lowest BCUT2D eigenvalue weighted by Gasteiger charge is -2.18. The van der Waals surface area contributed by atoms with Crippen molar-refractivity contribution in [1.82, 2.24) is 9.78 Å². The Morgan fingerprint density at radius 1 is 1.29 bits per heavy atom. The Bertz CT molecular complexity index is 974. The van der Waals surface area contributed by atoms with E-state index in [1.165, 1.54) is 12.8 Å². The van der Waals surface area contributed by atoms with Crippen LogP contribution in [0.5, 0.6) is 0 Å². The van der Waals surface area contributed by atoms with Gasteiger partial charge in [-0.3, -0.25) is 9.48 Å². The summed E-state index contributed by atoms with van der Waals surface area (Å²) in [6.45, 7) is 2.08. The molecular weight excluding hydrogens is 362 g/mol. The summed E-state index contributed by atoms with van der Waals surface area (Å²) in [4.78, 5) is 27.9. The van der Waals surface area contributed by atoms with Gasteiger partial charge in [-0.25, -0.2) is 4.79 Å². The second-order valence-electron chi connectivity index (χ2n) is 7.59. The quantitative estimate of drug-likeness (QED) is 0.790. The largest absolute Gasteiger partial charge is 0.481 e. The number of benzene rings is 1. The van der Waals surface area contributed by atoms with E-state index in [4.69, 9.17) is 15.0 Å². The zero-order chi connectivity index (χ0) is 19.9. The summed E-state index contributed by atoms with van der Waals surface area (Å²) in [5, 5.41) is 28.4. The molecule has 0 saturated heterocycles. The molecule has 2 heterocycles. The number of nitrogens with zero attached hydrogens (tertiary/aromatic N) is 3. The molecule has 0 radical (unpaired) electrons. The molecule has 1 aliphatic carbocycles. The first kappa shape index (κ1) is 18.5. The number of aromatic nitrogens is 2. The molecule has 1 aromatic carbocycles. The summed E-state index contributed by atoms with van der Waals surface area (Å²) in [5.41, 5.74) is 1.39. The van der Waals surface area contributed by atoms with Crippen LogP contribution >= 0.6 is 0 Å². The monoisotopic (exact) mass is 385 g/mol. The summed E-state index contributed by atoms with van der Waals surface area (Å²) in [7, 11) is 0. The summed E-state index contributed by atoms with van der Waals surface area (Å²) in [6, 6.07) is 6.22. The highest BCUT2D eigenvalue weighted by atomic mass is 16.7. The number of carbonyl (C=O) groups is 2. The normalized spacial score (nSPS) is 22.4. The molecule has 1 saturated carbocycles. The topological polar surface area (TPSA) is 114 Å². The van der Waals surface area contributed by atoms with Crippen molar-refractivity contribution in [3.63, 3.8) is 0 Å². The van der Waals surface area contributed by atoms with E-state index < -0.39 is 24.0 Å². The Balaban J connectivity index is 1.71. The van der Waals surface area contributed by atoms with E-state index in [1.807, 2.05) is 18.2 Å². The van der Waals surface area contributed by atoms with Gasteiger partial charge in [0, 0.05) is 17.4 Å². The van der Waals surface area contributed by atoms with E-state index in [1.54, 1.807) is 0 Å². The van der Waals surface area contributed by atoms with E-state index in [-0.39, 0.29) is 6.42 Å². The van der Waals surface area contributed by atoms with Gasteiger partial charge in [0.1, 0.15) is 0 Å². The van der Waals surface area contributed by atoms with Crippen molar-refractivity contribution in [2.75, 3.05) is 0 Å². The zero-order valence-electron chi connectivity index (χ0n) is 15.7. The van der Waals surface area contributed by atoms with E-state index >= 15 is 0 Å². The number of hydrogen-bond acceptors (Lipinski definition) is 5. The third kappa shape index (κ3) is 3.02. The van der Waals surface area contributed by atoms with Crippen molar-refractivity contribution in [2.24, 2.45) is 5.16 Å². The van der Waals surface area contributed by atoms with Crippen LogP contribution in [0.25, 0.3) is 10.9 Å². The maximum Gasteiger partial charge on any atom is 0.351 e. The summed E-state index contributed by atoms with van der Waals surface area (Å²) >= 11 is 0. The Hall–Kier alpha value is -2.90. The summed E-state index contributed by atoms with van der Waals surface area (Å²) in [6.07, 6.45) is 4.72. The molecule has 1 aromatic heterocycles. The number of carboxylic acids is 2. The molecule has 8 nitrogen and oxygen atoms in total. The van der Waals surface area contributed by atoms with Crippen LogP contribution in [0.15, 0.2) is 23.4 Å². The zero-order valence-corrected chi connectivity index (χ0v) is 15.7. The van der Waals surface area contributed by atoms with Crippen LogP contribution in [0.4, 0.5) is 0 Å². The van der Waals surface area contributed by atoms with Gasteiger partial charge in [-0.2, -0.15) is 5.10 Å². The number of fused-ring (bicyclic) bond motifs is 1. The first-order valence-electron chi connectivity index (χ1n) is 9.65. The van der Waals surface area contributed by atoms with Gasteiger partial charge < -0.3 is 15.1 Å². The number of carboxylic acid groups (broad SMARTS) is 2. The average molecular weight is 385 g/mol. The molecule has 1 aliphatic heterocycles. The molecule has 2 aliphatic rings. The third-order valence-electron chi connectivity index (χ3n) is 5.73. The first-order chi connectivity index (χ1) is 13.4. The molecule has 1 unspecified atom stereocenters. The minimum absolute atomic E-state index is 0.0850. The van der Waals surface area contributed by atoms with Crippen LogP contribution in [0.3, 0.4) is 0 Å². The molecule has 0 spiro atoms. The molecular formula is C20H23N3O5. The minimum atomic E-state index is -1.85. The molecule has 0 amide bonds. The molecule has 1 fully saturated rings. The fraction of sp³-hybridized carbons (Fsp3) is 0.500. The number of hydrogen-bond donors (Lipinski definition) is 2. The van der Waals surface area contributed by atoms with Gasteiger partial charge >= 0.3 is 11.9 Å². The van der Waals surface area contributed by atoms with Gasteiger partial charge in [0.2, 0.25) is 5.60 Å². The summed E-state index contributed by atoms with van der Waals surface area (Å²) < 4.78 is 2.10. The fourth-order valence-electron chi connectivity index (χ4n) is 4.23. The molecule has 1 atom stereocenters. The first-order valence-corrected chi connectivity index (χ1v) is 9.65. The Labute approximate surface area is 161 Å². The predicted octanol–water partition coefficient (Wildman–Crippen LogP) is 3.14. The second-order valence-corrected chi connectivity index (χ2v) is 7.59. The van der Waals surface area contributed by atoms with E-state index in [0.29, 0.717) is 11.8 Å². The molecule has 148 valence electrons. The lowest BCUT2D eigenvalue weighted by molar-refractivity contribution is -0.169. The predicted molar refractivity (Wildman–Crippen MR) is 101 cm³/mol. The average Bonchev–Trinajstić information content (AvgIpc) is 3.39.